The number of aromatic nitrogens is 4. The zero-order chi connectivity index (χ0) is 20.5. The summed E-state index contributed by atoms with van der Waals surface area (Å²) in [5.74, 6) is 0. The number of hydrogen-bond donors (Lipinski definition) is 1. The molecule has 7 heteroatoms. The van der Waals surface area contributed by atoms with Crippen molar-refractivity contribution in [3.05, 3.63) is 93.0 Å². The Morgan fingerprint density at radius 1 is 1.07 bits per heavy atom. The Balaban J connectivity index is 1.90. The lowest BCUT2D eigenvalue weighted by molar-refractivity contribution is 0.863. The van der Waals surface area contributed by atoms with E-state index in [2.05, 4.69) is 16.2 Å². The minimum atomic E-state index is -0.167. The molecule has 0 radical (unpaired) electrons. The van der Waals surface area contributed by atoms with E-state index in [9.17, 15) is 14.9 Å². The third-order valence-corrected chi connectivity index (χ3v) is 4.79. The predicted octanol–water partition coefficient (Wildman–Crippen LogP) is 2.77. The lowest BCUT2D eigenvalue weighted by Gasteiger charge is -2.10. The second-order valence-electron chi connectivity index (χ2n) is 6.75. The number of para-hydroxylation sites is 1. The van der Waals surface area contributed by atoms with Crippen molar-refractivity contribution in [2.75, 3.05) is 0 Å². The van der Waals surface area contributed by atoms with Crippen LogP contribution in [0.3, 0.4) is 0 Å². The Kier molecular flexibility index (Phi) is 4.45. The number of nitrogens with zero attached hydrogens (tertiary/aromatic N) is 4. The van der Waals surface area contributed by atoms with E-state index in [1.54, 1.807) is 61.5 Å². The van der Waals surface area contributed by atoms with Gasteiger partial charge in [-0.05, 0) is 36.2 Å². The van der Waals surface area contributed by atoms with Crippen LogP contribution < -0.4 is 11.1 Å². The van der Waals surface area contributed by atoms with Gasteiger partial charge in [-0.2, -0.15) is 10.4 Å². The summed E-state index contributed by atoms with van der Waals surface area (Å²) in [5, 5.41) is 13.8. The summed E-state index contributed by atoms with van der Waals surface area (Å²) < 4.78 is 3.14. The molecule has 3 heterocycles. The molecule has 4 rings (SSSR count). The quantitative estimate of drug-likeness (QED) is 0.588. The van der Waals surface area contributed by atoms with Gasteiger partial charge in [0, 0.05) is 48.4 Å². The maximum absolute atomic E-state index is 12.3. The first-order chi connectivity index (χ1) is 14.0. The summed E-state index contributed by atoms with van der Waals surface area (Å²) in [6, 6.07) is 12.7. The van der Waals surface area contributed by atoms with Crippen molar-refractivity contribution < 1.29 is 0 Å². The number of pyridine rings is 2. The highest BCUT2D eigenvalue weighted by atomic mass is 16.1. The van der Waals surface area contributed by atoms with E-state index in [4.69, 9.17) is 0 Å². The minimum Gasteiger partial charge on any atom is -0.328 e. The standard InChI is InChI=1S/C22H17N5O2/c1-14-7-16(10-24-22(14)29)18-8-21(28)26(2)13-19(18)17-11-25-27(12-17)20-6-4-3-5-15(20)9-23/h3-8,10-13H,1-2H3,(H,24,29). The number of rotatable bonds is 3. The lowest BCUT2D eigenvalue weighted by atomic mass is 9.98. The molecule has 0 unspecified atom stereocenters. The van der Waals surface area contributed by atoms with Gasteiger partial charge in [-0.15, -0.1) is 0 Å². The van der Waals surface area contributed by atoms with Gasteiger partial charge in [-0.25, -0.2) is 4.68 Å². The summed E-state index contributed by atoms with van der Waals surface area (Å²) in [6.45, 7) is 1.72. The van der Waals surface area contributed by atoms with Gasteiger partial charge in [0.05, 0.1) is 17.4 Å². The van der Waals surface area contributed by atoms with Crippen LogP contribution in [0.25, 0.3) is 27.9 Å². The van der Waals surface area contributed by atoms with E-state index < -0.39 is 0 Å². The Hall–Kier alpha value is -4.18. The van der Waals surface area contributed by atoms with Crippen molar-refractivity contribution in [3.63, 3.8) is 0 Å². The van der Waals surface area contributed by atoms with Crippen molar-refractivity contribution >= 4 is 0 Å². The first-order valence-electron chi connectivity index (χ1n) is 8.93. The average Bonchev–Trinajstić information content (AvgIpc) is 3.21. The van der Waals surface area contributed by atoms with Crippen LogP contribution in [0.15, 0.2) is 70.8 Å². The molecule has 0 spiro atoms. The SMILES string of the molecule is Cc1cc(-c2cc(=O)n(C)cc2-c2cnn(-c3ccccc3C#N)c2)c[nH]c1=O. The molecule has 7 nitrogen and oxygen atoms in total. The van der Waals surface area contributed by atoms with Gasteiger partial charge < -0.3 is 9.55 Å². The lowest BCUT2D eigenvalue weighted by Crippen LogP contribution is -2.16. The molecular formula is C22H17N5O2. The summed E-state index contributed by atoms with van der Waals surface area (Å²) in [7, 11) is 1.68. The molecule has 0 saturated heterocycles. The number of benzene rings is 1. The number of aromatic amines is 1. The smallest absolute Gasteiger partial charge is 0.250 e. The molecule has 0 saturated carbocycles. The molecule has 0 amide bonds. The second kappa shape index (κ2) is 7.09. The molecule has 29 heavy (non-hydrogen) atoms. The molecule has 4 aromatic rings. The third-order valence-electron chi connectivity index (χ3n) is 4.79. The van der Waals surface area contributed by atoms with E-state index in [1.165, 1.54) is 4.57 Å². The highest BCUT2D eigenvalue weighted by molar-refractivity contribution is 5.82. The number of nitriles is 1. The predicted molar refractivity (Wildman–Crippen MR) is 110 cm³/mol. The van der Waals surface area contributed by atoms with Crippen LogP contribution in [0.1, 0.15) is 11.1 Å². The van der Waals surface area contributed by atoms with Crippen molar-refractivity contribution in [1.29, 1.82) is 5.26 Å². The summed E-state index contributed by atoms with van der Waals surface area (Å²) in [4.78, 5) is 26.7. The molecule has 0 aliphatic heterocycles. The fourth-order valence-electron chi connectivity index (χ4n) is 3.21. The highest BCUT2D eigenvalue weighted by Gasteiger charge is 2.14. The molecule has 0 aliphatic rings. The van der Waals surface area contributed by atoms with E-state index in [0.29, 0.717) is 22.4 Å². The largest absolute Gasteiger partial charge is 0.328 e. The normalized spacial score (nSPS) is 10.7. The number of H-pyrrole nitrogens is 1. The van der Waals surface area contributed by atoms with Crippen LogP contribution in [0, 0.1) is 18.3 Å². The maximum Gasteiger partial charge on any atom is 0.250 e. The van der Waals surface area contributed by atoms with Crippen LogP contribution in [-0.4, -0.2) is 19.3 Å². The monoisotopic (exact) mass is 383 g/mol. The zero-order valence-electron chi connectivity index (χ0n) is 15.9. The third kappa shape index (κ3) is 3.28. The molecule has 0 fully saturated rings. The first kappa shape index (κ1) is 18.2. The van der Waals surface area contributed by atoms with Gasteiger partial charge in [0.1, 0.15) is 6.07 Å². The van der Waals surface area contributed by atoms with Crippen LogP contribution >= 0.6 is 0 Å². The number of hydrogen-bond acceptors (Lipinski definition) is 4. The zero-order valence-corrected chi connectivity index (χ0v) is 15.9. The van der Waals surface area contributed by atoms with Crippen LogP contribution in [0.5, 0.6) is 0 Å². The Morgan fingerprint density at radius 3 is 2.62 bits per heavy atom. The summed E-state index contributed by atoms with van der Waals surface area (Å²) in [5.41, 5.74) is 4.43. The van der Waals surface area contributed by atoms with Gasteiger partial charge in [0.15, 0.2) is 0 Å². The molecule has 0 aliphatic carbocycles. The fourth-order valence-corrected chi connectivity index (χ4v) is 3.21. The first-order valence-corrected chi connectivity index (χ1v) is 8.93. The van der Waals surface area contributed by atoms with E-state index in [0.717, 1.165) is 16.7 Å². The highest BCUT2D eigenvalue weighted by Crippen LogP contribution is 2.31. The molecule has 0 bridgehead atoms. The molecule has 1 aromatic carbocycles. The van der Waals surface area contributed by atoms with Crippen molar-refractivity contribution in [1.82, 2.24) is 19.3 Å². The van der Waals surface area contributed by atoms with Crippen LogP contribution in [0.4, 0.5) is 0 Å². The summed E-state index contributed by atoms with van der Waals surface area (Å²) in [6.07, 6.45) is 6.85. The van der Waals surface area contributed by atoms with Gasteiger partial charge >= 0.3 is 0 Å². The maximum atomic E-state index is 12.3. The van der Waals surface area contributed by atoms with Crippen LogP contribution in [0.2, 0.25) is 0 Å². The molecular weight excluding hydrogens is 366 g/mol. The van der Waals surface area contributed by atoms with Crippen molar-refractivity contribution in [2.45, 2.75) is 6.92 Å². The molecule has 1 N–H and O–H groups in total. The van der Waals surface area contributed by atoms with Gasteiger partial charge in [0.25, 0.3) is 11.1 Å². The molecule has 3 aromatic heterocycles. The Labute approximate surface area is 166 Å². The summed E-state index contributed by atoms with van der Waals surface area (Å²) >= 11 is 0. The Morgan fingerprint density at radius 2 is 1.86 bits per heavy atom. The van der Waals surface area contributed by atoms with Crippen molar-refractivity contribution in [2.24, 2.45) is 7.05 Å². The van der Waals surface area contributed by atoms with Gasteiger partial charge in [-0.1, -0.05) is 12.1 Å². The molecule has 0 atom stereocenters. The van der Waals surface area contributed by atoms with E-state index in [1.807, 2.05) is 18.3 Å². The van der Waals surface area contributed by atoms with Gasteiger partial charge in [-0.3, -0.25) is 9.59 Å². The molecule has 142 valence electrons. The Bertz CT molecular complexity index is 1390. The van der Waals surface area contributed by atoms with Crippen molar-refractivity contribution in [3.8, 4) is 34.0 Å². The minimum absolute atomic E-state index is 0.158. The average molecular weight is 383 g/mol. The second-order valence-corrected chi connectivity index (χ2v) is 6.75. The number of aryl methyl sites for hydroxylation is 2. The van der Waals surface area contributed by atoms with Gasteiger partial charge in [0.2, 0.25) is 0 Å². The van der Waals surface area contributed by atoms with E-state index in [-0.39, 0.29) is 11.1 Å². The fraction of sp³-hybridized carbons (Fsp3) is 0.0909. The van der Waals surface area contributed by atoms with E-state index >= 15 is 0 Å². The van der Waals surface area contributed by atoms with Crippen LogP contribution in [-0.2, 0) is 7.05 Å². The number of nitrogens with one attached hydrogen (secondary N) is 1. The topological polar surface area (TPSA) is 96.5 Å².